The molecular formula is C14H11N7O2. The van der Waals surface area contributed by atoms with E-state index < -0.39 is 4.92 Å². The van der Waals surface area contributed by atoms with E-state index in [4.69, 9.17) is 0 Å². The van der Waals surface area contributed by atoms with Gasteiger partial charge in [0.25, 0.3) is 0 Å². The van der Waals surface area contributed by atoms with E-state index in [2.05, 4.69) is 30.6 Å². The van der Waals surface area contributed by atoms with Crippen LogP contribution in [0.1, 0.15) is 0 Å². The van der Waals surface area contributed by atoms with E-state index >= 15 is 0 Å². The van der Waals surface area contributed by atoms with Crippen LogP contribution < -0.4 is 10.6 Å². The molecule has 9 nitrogen and oxygen atoms in total. The van der Waals surface area contributed by atoms with Gasteiger partial charge in [-0.3, -0.25) is 20.1 Å². The first-order valence-electron chi connectivity index (χ1n) is 6.57. The summed E-state index contributed by atoms with van der Waals surface area (Å²) in [6.07, 6.45) is 7.54. The van der Waals surface area contributed by atoms with Crippen molar-refractivity contribution in [2.75, 3.05) is 10.6 Å². The highest BCUT2D eigenvalue weighted by Crippen LogP contribution is 2.32. The van der Waals surface area contributed by atoms with Crippen molar-refractivity contribution in [3.05, 3.63) is 65.5 Å². The van der Waals surface area contributed by atoms with Gasteiger partial charge in [-0.1, -0.05) is 0 Å². The summed E-state index contributed by atoms with van der Waals surface area (Å²) in [6.45, 7) is 0. The fourth-order valence-electron chi connectivity index (χ4n) is 1.88. The molecule has 0 amide bonds. The van der Waals surface area contributed by atoms with Crippen molar-refractivity contribution in [3.8, 4) is 0 Å². The van der Waals surface area contributed by atoms with Gasteiger partial charge in [-0.2, -0.15) is 0 Å². The minimum Gasteiger partial charge on any atom is -0.334 e. The van der Waals surface area contributed by atoms with Crippen LogP contribution in [0.3, 0.4) is 0 Å². The van der Waals surface area contributed by atoms with Gasteiger partial charge in [0.2, 0.25) is 11.6 Å². The van der Waals surface area contributed by atoms with E-state index in [1.54, 1.807) is 49.1 Å². The lowest BCUT2D eigenvalue weighted by Crippen LogP contribution is -2.05. The molecule has 3 heterocycles. The lowest BCUT2D eigenvalue weighted by Gasteiger charge is -2.09. The van der Waals surface area contributed by atoms with Crippen LogP contribution in [0.4, 0.5) is 28.7 Å². The molecule has 3 rings (SSSR count). The number of hydrogen-bond acceptors (Lipinski definition) is 8. The van der Waals surface area contributed by atoms with Gasteiger partial charge in [-0.25, -0.2) is 9.97 Å². The molecule has 2 N–H and O–H groups in total. The molecule has 0 aliphatic rings. The molecule has 3 aromatic heterocycles. The van der Waals surface area contributed by atoms with Crippen LogP contribution in [0.25, 0.3) is 0 Å². The third-order valence-electron chi connectivity index (χ3n) is 2.87. The predicted molar refractivity (Wildman–Crippen MR) is 83.7 cm³/mol. The third kappa shape index (κ3) is 3.35. The topological polar surface area (TPSA) is 119 Å². The van der Waals surface area contributed by atoms with Crippen molar-refractivity contribution in [2.45, 2.75) is 0 Å². The molecule has 23 heavy (non-hydrogen) atoms. The van der Waals surface area contributed by atoms with Gasteiger partial charge in [-0.15, -0.1) is 0 Å². The number of nitrogens with one attached hydrogen (secondary N) is 2. The van der Waals surface area contributed by atoms with Gasteiger partial charge in [0.15, 0.2) is 0 Å². The third-order valence-corrected chi connectivity index (χ3v) is 2.87. The first-order valence-corrected chi connectivity index (χ1v) is 6.57. The molecule has 0 fully saturated rings. The maximum absolute atomic E-state index is 11.4. The Kier molecular flexibility index (Phi) is 4.01. The fraction of sp³-hybridized carbons (Fsp3) is 0. The van der Waals surface area contributed by atoms with Gasteiger partial charge in [-0.05, 0) is 24.3 Å². The van der Waals surface area contributed by atoms with Crippen LogP contribution in [0, 0.1) is 10.1 Å². The summed E-state index contributed by atoms with van der Waals surface area (Å²) in [4.78, 5) is 26.7. The first kappa shape index (κ1) is 14.3. The van der Waals surface area contributed by atoms with E-state index in [1.807, 2.05) is 0 Å². The number of nitro groups is 1. The monoisotopic (exact) mass is 309 g/mol. The Morgan fingerprint density at radius 2 is 1.61 bits per heavy atom. The number of nitrogens with zero attached hydrogens (tertiary/aromatic N) is 5. The average molecular weight is 309 g/mol. The molecule has 9 heteroatoms. The molecular weight excluding hydrogens is 298 g/mol. The van der Waals surface area contributed by atoms with Crippen LogP contribution in [-0.2, 0) is 0 Å². The molecule has 0 saturated carbocycles. The predicted octanol–water partition coefficient (Wildman–Crippen LogP) is 2.66. The van der Waals surface area contributed by atoms with Gasteiger partial charge in [0.05, 0.1) is 16.8 Å². The van der Waals surface area contributed by atoms with Gasteiger partial charge >= 0.3 is 5.69 Å². The molecule has 0 aromatic carbocycles. The van der Waals surface area contributed by atoms with Crippen molar-refractivity contribution < 1.29 is 4.92 Å². The quantitative estimate of drug-likeness (QED) is 0.545. The normalized spacial score (nSPS) is 10.1. The van der Waals surface area contributed by atoms with Crippen molar-refractivity contribution in [1.82, 2.24) is 19.9 Å². The molecule has 0 saturated heterocycles. The number of anilines is 4. The zero-order valence-electron chi connectivity index (χ0n) is 11.7. The highest BCUT2D eigenvalue weighted by molar-refractivity contribution is 5.76. The minimum absolute atomic E-state index is 0.0783. The molecule has 0 spiro atoms. The zero-order valence-corrected chi connectivity index (χ0v) is 11.7. The standard InChI is InChI=1S/C14H11N7O2/c22-21(23)12-13(19-10-3-6-15-7-4-10)17-9-18-14(12)20-11-2-1-5-16-8-11/h1-9H,(H2,15,17,18,19,20). The molecule has 3 aromatic rings. The van der Waals surface area contributed by atoms with Crippen molar-refractivity contribution >= 4 is 28.7 Å². The molecule has 0 aliphatic heterocycles. The van der Waals surface area contributed by atoms with Crippen LogP contribution >= 0.6 is 0 Å². The number of aromatic nitrogens is 4. The van der Waals surface area contributed by atoms with Gasteiger partial charge < -0.3 is 10.6 Å². The molecule has 0 radical (unpaired) electrons. The molecule has 0 aliphatic carbocycles. The zero-order chi connectivity index (χ0) is 16.1. The minimum atomic E-state index is -0.539. The van der Waals surface area contributed by atoms with Crippen LogP contribution in [0.2, 0.25) is 0 Å². The van der Waals surface area contributed by atoms with Crippen LogP contribution in [-0.4, -0.2) is 24.9 Å². The number of rotatable bonds is 5. The van der Waals surface area contributed by atoms with E-state index in [1.165, 1.54) is 6.33 Å². The van der Waals surface area contributed by atoms with E-state index in [0.29, 0.717) is 11.4 Å². The smallest absolute Gasteiger partial charge is 0.334 e. The second-order valence-corrected chi connectivity index (χ2v) is 4.40. The highest BCUT2D eigenvalue weighted by atomic mass is 16.6. The Morgan fingerprint density at radius 1 is 0.913 bits per heavy atom. The van der Waals surface area contributed by atoms with E-state index in [0.717, 1.165) is 0 Å². The van der Waals surface area contributed by atoms with Crippen LogP contribution in [0.5, 0.6) is 0 Å². The van der Waals surface area contributed by atoms with Crippen molar-refractivity contribution in [2.24, 2.45) is 0 Å². The van der Waals surface area contributed by atoms with E-state index in [9.17, 15) is 10.1 Å². The lowest BCUT2D eigenvalue weighted by atomic mass is 10.3. The Hall–Kier alpha value is -3.62. The largest absolute Gasteiger partial charge is 0.353 e. The fourth-order valence-corrected chi connectivity index (χ4v) is 1.88. The Morgan fingerprint density at radius 3 is 2.22 bits per heavy atom. The summed E-state index contributed by atoms with van der Waals surface area (Å²) >= 11 is 0. The first-order chi connectivity index (χ1) is 11.2. The highest BCUT2D eigenvalue weighted by Gasteiger charge is 2.23. The van der Waals surface area contributed by atoms with Crippen molar-refractivity contribution in [3.63, 3.8) is 0 Å². The number of pyridine rings is 2. The lowest BCUT2D eigenvalue weighted by molar-refractivity contribution is -0.383. The molecule has 0 bridgehead atoms. The maximum atomic E-state index is 11.4. The maximum Gasteiger partial charge on any atom is 0.353 e. The summed E-state index contributed by atoms with van der Waals surface area (Å²) < 4.78 is 0. The summed E-state index contributed by atoms with van der Waals surface area (Å²) in [5.74, 6) is 0.164. The Balaban J connectivity index is 1.97. The molecule has 0 unspecified atom stereocenters. The second-order valence-electron chi connectivity index (χ2n) is 4.40. The summed E-state index contributed by atoms with van der Waals surface area (Å²) in [5, 5.41) is 17.2. The SMILES string of the molecule is O=[N+]([O-])c1c(Nc2ccncc2)ncnc1Nc1cccnc1. The second kappa shape index (κ2) is 6.43. The summed E-state index contributed by atoms with van der Waals surface area (Å²) in [6, 6.07) is 6.81. The Bertz CT molecular complexity index is 752. The molecule has 114 valence electrons. The summed E-state index contributed by atoms with van der Waals surface area (Å²) in [7, 11) is 0. The van der Waals surface area contributed by atoms with E-state index in [-0.39, 0.29) is 17.3 Å². The van der Waals surface area contributed by atoms with Gasteiger partial charge in [0.1, 0.15) is 6.33 Å². The van der Waals surface area contributed by atoms with Crippen molar-refractivity contribution in [1.29, 1.82) is 0 Å². The Labute approximate surface area is 130 Å². The average Bonchev–Trinajstić information content (AvgIpc) is 2.56. The van der Waals surface area contributed by atoms with Gasteiger partial charge in [0, 0.05) is 24.3 Å². The number of hydrogen-bond donors (Lipinski definition) is 2. The molecule has 0 atom stereocenters. The van der Waals surface area contributed by atoms with Crippen LogP contribution in [0.15, 0.2) is 55.4 Å². The summed E-state index contributed by atoms with van der Waals surface area (Å²) in [5.41, 5.74) is 0.964.